The van der Waals surface area contributed by atoms with E-state index in [1.165, 1.54) is 11.3 Å². The van der Waals surface area contributed by atoms with Crippen molar-refractivity contribution in [2.45, 2.75) is 26.4 Å². The molecule has 1 heterocycles. The first-order valence-electron chi connectivity index (χ1n) is 6.57. The van der Waals surface area contributed by atoms with Gasteiger partial charge in [0.05, 0.1) is 0 Å². The molecule has 0 radical (unpaired) electrons. The van der Waals surface area contributed by atoms with E-state index in [4.69, 9.17) is 0 Å². The van der Waals surface area contributed by atoms with Crippen LogP contribution in [-0.2, 0) is 11.3 Å². The summed E-state index contributed by atoms with van der Waals surface area (Å²) in [6.07, 6.45) is 0. The average molecular weight is 247 g/mol. The maximum atomic E-state index is 12.0. The highest BCUT2D eigenvalue weighted by Crippen LogP contribution is 2.23. The second-order valence-corrected chi connectivity index (χ2v) is 4.57. The minimum absolute atomic E-state index is 0.0919. The van der Waals surface area contributed by atoms with E-state index in [1.54, 1.807) is 0 Å². The second-order valence-electron chi connectivity index (χ2n) is 4.57. The lowest BCUT2D eigenvalue weighted by atomic mass is 10.1. The Morgan fingerprint density at radius 2 is 2.28 bits per heavy atom. The fourth-order valence-electron chi connectivity index (χ4n) is 2.35. The molecular weight excluding hydrogens is 226 g/mol. The minimum Gasteiger partial charge on any atom is -0.358 e. The van der Waals surface area contributed by atoms with E-state index in [0.29, 0.717) is 6.54 Å². The summed E-state index contributed by atoms with van der Waals surface area (Å²) in [7, 11) is 0. The molecule has 0 spiro atoms. The van der Waals surface area contributed by atoms with Crippen molar-refractivity contribution >= 4 is 11.6 Å². The number of nitrogens with one attached hydrogen (secondary N) is 2. The molecule has 2 N–H and O–H groups in total. The van der Waals surface area contributed by atoms with Gasteiger partial charge in [-0.1, -0.05) is 18.2 Å². The molecule has 1 aromatic carbocycles. The Balaban J connectivity index is 2.24. The zero-order chi connectivity index (χ0) is 13.0. The summed E-state index contributed by atoms with van der Waals surface area (Å²) in [5.41, 5.74) is 2.42. The highest BCUT2D eigenvalue weighted by Gasteiger charge is 2.24. The van der Waals surface area contributed by atoms with Crippen molar-refractivity contribution < 1.29 is 4.79 Å². The maximum absolute atomic E-state index is 12.0. The zero-order valence-corrected chi connectivity index (χ0v) is 11.1. The number of anilines is 1. The molecule has 1 aliphatic rings. The van der Waals surface area contributed by atoms with E-state index in [0.717, 1.165) is 19.6 Å². The molecule has 0 aliphatic carbocycles. The fourth-order valence-corrected chi connectivity index (χ4v) is 2.35. The van der Waals surface area contributed by atoms with Crippen LogP contribution in [0.15, 0.2) is 24.3 Å². The number of likely N-dealkylation sites (N-methyl/N-ethyl adjacent to an activating group) is 1. The number of benzene rings is 1. The molecule has 0 fully saturated rings. The molecule has 0 bridgehead atoms. The zero-order valence-electron chi connectivity index (χ0n) is 11.1. The van der Waals surface area contributed by atoms with Crippen molar-refractivity contribution in [1.82, 2.24) is 10.6 Å². The van der Waals surface area contributed by atoms with E-state index in [2.05, 4.69) is 27.7 Å². The molecule has 98 valence electrons. The fraction of sp³-hybridized carbons (Fsp3) is 0.500. The van der Waals surface area contributed by atoms with Gasteiger partial charge in [-0.05, 0) is 25.5 Å². The molecule has 1 amide bonds. The summed E-state index contributed by atoms with van der Waals surface area (Å²) >= 11 is 0. The Morgan fingerprint density at radius 1 is 1.50 bits per heavy atom. The molecular formula is C14H21N3O. The monoisotopic (exact) mass is 247 g/mol. The molecule has 0 aromatic heterocycles. The Bertz CT molecular complexity index is 419. The Morgan fingerprint density at radius 3 is 3.06 bits per heavy atom. The van der Waals surface area contributed by atoms with Gasteiger partial charge in [0.25, 0.3) is 0 Å². The van der Waals surface area contributed by atoms with E-state index in [9.17, 15) is 4.79 Å². The first-order chi connectivity index (χ1) is 8.74. The maximum Gasteiger partial charge on any atom is 0.242 e. The standard InChI is InChI=1S/C14H21N3O/c1-3-16-14(18)11(2)17-9-8-15-10-12-6-4-5-7-13(12)17/h4-7,11,15H,3,8-10H2,1-2H3,(H,16,18). The van der Waals surface area contributed by atoms with E-state index in [-0.39, 0.29) is 11.9 Å². The van der Waals surface area contributed by atoms with Crippen LogP contribution in [-0.4, -0.2) is 31.6 Å². The molecule has 4 heteroatoms. The SMILES string of the molecule is CCNC(=O)C(C)N1CCNCc2ccccc21. The van der Waals surface area contributed by atoms with Gasteiger partial charge in [-0.15, -0.1) is 0 Å². The Hall–Kier alpha value is -1.55. The molecule has 18 heavy (non-hydrogen) atoms. The predicted molar refractivity (Wildman–Crippen MR) is 73.6 cm³/mol. The third kappa shape index (κ3) is 2.64. The summed E-state index contributed by atoms with van der Waals surface area (Å²) in [6.45, 7) is 7.22. The normalized spacial score (nSPS) is 16.7. The van der Waals surface area contributed by atoms with Gasteiger partial charge in [0.2, 0.25) is 5.91 Å². The van der Waals surface area contributed by atoms with Crippen LogP contribution >= 0.6 is 0 Å². The highest BCUT2D eigenvalue weighted by atomic mass is 16.2. The van der Waals surface area contributed by atoms with Crippen molar-refractivity contribution in [3.8, 4) is 0 Å². The molecule has 0 saturated carbocycles. The topological polar surface area (TPSA) is 44.4 Å². The second kappa shape index (κ2) is 5.87. The van der Waals surface area contributed by atoms with Gasteiger partial charge in [-0.25, -0.2) is 0 Å². The lowest BCUT2D eigenvalue weighted by Gasteiger charge is -2.30. The molecule has 4 nitrogen and oxygen atoms in total. The van der Waals surface area contributed by atoms with Crippen LogP contribution in [0.2, 0.25) is 0 Å². The third-order valence-electron chi connectivity index (χ3n) is 3.34. The number of fused-ring (bicyclic) bond motifs is 1. The first-order valence-corrected chi connectivity index (χ1v) is 6.57. The third-order valence-corrected chi connectivity index (χ3v) is 3.34. The number of amides is 1. The number of hydrogen-bond acceptors (Lipinski definition) is 3. The highest BCUT2D eigenvalue weighted by molar-refractivity contribution is 5.85. The first kappa shape index (κ1) is 12.9. The van der Waals surface area contributed by atoms with Gasteiger partial charge in [-0.2, -0.15) is 0 Å². The van der Waals surface area contributed by atoms with Crippen molar-refractivity contribution in [2.24, 2.45) is 0 Å². The van der Waals surface area contributed by atoms with Crippen LogP contribution in [0, 0.1) is 0 Å². The molecule has 2 rings (SSSR count). The molecule has 0 saturated heterocycles. The number of para-hydroxylation sites is 1. The largest absolute Gasteiger partial charge is 0.358 e. The van der Waals surface area contributed by atoms with Crippen LogP contribution in [0.25, 0.3) is 0 Å². The quantitative estimate of drug-likeness (QED) is 0.841. The number of rotatable bonds is 3. The number of nitrogens with zero attached hydrogens (tertiary/aromatic N) is 1. The van der Waals surface area contributed by atoms with Gasteiger partial charge >= 0.3 is 0 Å². The molecule has 1 unspecified atom stereocenters. The van der Waals surface area contributed by atoms with E-state index in [1.807, 2.05) is 26.0 Å². The van der Waals surface area contributed by atoms with Crippen LogP contribution in [0.3, 0.4) is 0 Å². The summed E-state index contributed by atoms with van der Waals surface area (Å²) in [4.78, 5) is 14.2. The van der Waals surface area contributed by atoms with Crippen molar-refractivity contribution in [1.29, 1.82) is 0 Å². The van der Waals surface area contributed by atoms with Crippen molar-refractivity contribution in [2.75, 3.05) is 24.5 Å². The summed E-state index contributed by atoms with van der Waals surface area (Å²) in [5.74, 6) is 0.0919. The minimum atomic E-state index is -0.133. The van der Waals surface area contributed by atoms with E-state index < -0.39 is 0 Å². The van der Waals surface area contributed by atoms with Gasteiger partial charge in [0, 0.05) is 31.9 Å². The molecule has 1 atom stereocenters. The molecule has 1 aliphatic heterocycles. The summed E-state index contributed by atoms with van der Waals surface area (Å²) in [6, 6.07) is 8.15. The van der Waals surface area contributed by atoms with Gasteiger partial charge < -0.3 is 15.5 Å². The van der Waals surface area contributed by atoms with Crippen molar-refractivity contribution in [3.63, 3.8) is 0 Å². The Labute approximate surface area is 108 Å². The van der Waals surface area contributed by atoms with Gasteiger partial charge in [0.1, 0.15) is 6.04 Å². The van der Waals surface area contributed by atoms with Gasteiger partial charge in [-0.3, -0.25) is 4.79 Å². The lowest BCUT2D eigenvalue weighted by molar-refractivity contribution is -0.121. The summed E-state index contributed by atoms with van der Waals surface area (Å²) in [5, 5.41) is 6.28. The van der Waals surface area contributed by atoms with Gasteiger partial charge in [0.15, 0.2) is 0 Å². The summed E-state index contributed by atoms with van der Waals surface area (Å²) < 4.78 is 0. The smallest absolute Gasteiger partial charge is 0.242 e. The molecule has 1 aromatic rings. The van der Waals surface area contributed by atoms with Crippen LogP contribution in [0.1, 0.15) is 19.4 Å². The average Bonchev–Trinajstić information content (AvgIpc) is 2.60. The van der Waals surface area contributed by atoms with E-state index >= 15 is 0 Å². The Kier molecular flexibility index (Phi) is 4.20. The van der Waals surface area contributed by atoms with Crippen molar-refractivity contribution in [3.05, 3.63) is 29.8 Å². The number of carbonyl (C=O) groups is 1. The van der Waals surface area contributed by atoms with Crippen LogP contribution in [0.4, 0.5) is 5.69 Å². The number of carbonyl (C=O) groups excluding carboxylic acids is 1. The van der Waals surface area contributed by atoms with Crippen LogP contribution in [0.5, 0.6) is 0 Å². The predicted octanol–water partition coefficient (Wildman–Crippen LogP) is 1.12. The van der Waals surface area contributed by atoms with Crippen LogP contribution < -0.4 is 15.5 Å². The number of hydrogen-bond donors (Lipinski definition) is 2. The lowest BCUT2D eigenvalue weighted by Crippen LogP contribution is -2.46.